The first kappa shape index (κ1) is 23.1. The molecule has 0 atom stereocenters. The molecule has 2 aliphatic rings. The summed E-state index contributed by atoms with van der Waals surface area (Å²) in [6.07, 6.45) is 10.4. The highest BCUT2D eigenvalue weighted by atomic mass is 32.1. The van der Waals surface area contributed by atoms with Crippen LogP contribution in [0, 0.1) is 0 Å². The highest BCUT2D eigenvalue weighted by Gasteiger charge is 2.27. The molecule has 1 saturated carbocycles. The fourth-order valence-electron chi connectivity index (χ4n) is 4.58. The van der Waals surface area contributed by atoms with Gasteiger partial charge in [0.1, 0.15) is 10.6 Å². The molecular formula is C25H35N3O3S. The number of aromatic carboxylic acids is 1. The van der Waals surface area contributed by atoms with Gasteiger partial charge in [0.2, 0.25) is 0 Å². The summed E-state index contributed by atoms with van der Waals surface area (Å²) >= 11 is 1.38. The second-order valence-corrected chi connectivity index (χ2v) is 11.2. The Labute approximate surface area is 195 Å². The van der Waals surface area contributed by atoms with Gasteiger partial charge >= 0.3 is 5.97 Å². The van der Waals surface area contributed by atoms with E-state index < -0.39 is 5.97 Å². The number of carboxylic acid groups (broad SMARTS) is 1. The molecule has 0 aromatic carbocycles. The van der Waals surface area contributed by atoms with Gasteiger partial charge in [0.15, 0.2) is 0 Å². The van der Waals surface area contributed by atoms with Crippen LogP contribution in [0.1, 0.15) is 79.4 Å². The molecule has 3 heterocycles. The summed E-state index contributed by atoms with van der Waals surface area (Å²) in [5, 5.41) is 13.1. The van der Waals surface area contributed by atoms with Crippen molar-refractivity contribution < 1.29 is 14.6 Å². The Morgan fingerprint density at radius 2 is 1.91 bits per heavy atom. The van der Waals surface area contributed by atoms with Crippen LogP contribution in [0.3, 0.4) is 0 Å². The monoisotopic (exact) mass is 457 g/mol. The maximum atomic E-state index is 11.7. The van der Waals surface area contributed by atoms with Crippen molar-refractivity contribution in [3.63, 3.8) is 0 Å². The largest absolute Gasteiger partial charge is 0.489 e. The molecule has 32 heavy (non-hydrogen) atoms. The number of hydrogen-bond donors (Lipinski definition) is 2. The fraction of sp³-hybridized carbons (Fsp3) is 0.600. The van der Waals surface area contributed by atoms with Crippen LogP contribution in [-0.4, -0.2) is 46.2 Å². The summed E-state index contributed by atoms with van der Waals surface area (Å²) in [4.78, 5) is 20.1. The Bertz CT molecular complexity index is 923. The first-order chi connectivity index (χ1) is 15.3. The Morgan fingerprint density at radius 1 is 1.19 bits per heavy atom. The number of nitrogens with one attached hydrogen (secondary N) is 1. The number of hydrogen-bond acceptors (Lipinski definition) is 6. The third-order valence-electron chi connectivity index (χ3n) is 6.38. The maximum absolute atomic E-state index is 11.7. The van der Waals surface area contributed by atoms with Gasteiger partial charge in [0.25, 0.3) is 0 Å². The average Bonchev–Trinajstić information content (AvgIpc) is 3.39. The van der Waals surface area contributed by atoms with Gasteiger partial charge in [-0.25, -0.2) is 4.79 Å². The highest BCUT2D eigenvalue weighted by Crippen LogP contribution is 2.37. The standard InChI is InChI=1S/C25H35N3O3S/c1-25(2,3)22-13-21(23(32-22)24(29)30)27-18-6-8-19(9-7-18)31-20-12-17(14-26-15-20)16-28-10-4-5-11-28/h12-15,18-19,27H,4-11,16H2,1-3H3,(H,29,30)/t18-,19-. The van der Waals surface area contributed by atoms with E-state index in [0.29, 0.717) is 4.88 Å². The average molecular weight is 458 g/mol. The van der Waals surface area contributed by atoms with Gasteiger partial charge in [0.05, 0.1) is 18.0 Å². The van der Waals surface area contributed by atoms with E-state index in [1.165, 1.54) is 42.8 Å². The summed E-state index contributed by atoms with van der Waals surface area (Å²) in [6, 6.07) is 4.43. The van der Waals surface area contributed by atoms with E-state index in [0.717, 1.165) is 48.5 Å². The lowest BCUT2D eigenvalue weighted by Gasteiger charge is -2.30. The molecule has 0 amide bonds. The molecule has 7 heteroatoms. The lowest BCUT2D eigenvalue weighted by Crippen LogP contribution is -2.31. The number of likely N-dealkylation sites (tertiary alicyclic amines) is 1. The molecule has 6 nitrogen and oxygen atoms in total. The topological polar surface area (TPSA) is 74.7 Å². The molecule has 0 unspecified atom stereocenters. The summed E-state index contributed by atoms with van der Waals surface area (Å²) < 4.78 is 6.27. The quantitative estimate of drug-likeness (QED) is 0.569. The van der Waals surface area contributed by atoms with Crippen LogP contribution in [0.15, 0.2) is 24.5 Å². The third-order valence-corrected chi connectivity index (χ3v) is 7.93. The van der Waals surface area contributed by atoms with Crippen LogP contribution < -0.4 is 10.1 Å². The van der Waals surface area contributed by atoms with E-state index in [1.807, 2.05) is 18.5 Å². The zero-order valence-corrected chi connectivity index (χ0v) is 20.2. The normalized spacial score (nSPS) is 22.1. The molecule has 4 rings (SSSR count). The second kappa shape index (κ2) is 9.79. The number of anilines is 1. The number of nitrogens with zero attached hydrogens (tertiary/aromatic N) is 2. The molecule has 0 spiro atoms. The lowest BCUT2D eigenvalue weighted by atomic mass is 9.92. The van der Waals surface area contributed by atoms with Crippen molar-refractivity contribution >= 4 is 23.0 Å². The Morgan fingerprint density at radius 3 is 2.56 bits per heavy atom. The third kappa shape index (κ3) is 5.81. The van der Waals surface area contributed by atoms with Crippen molar-refractivity contribution in [2.45, 2.75) is 83.4 Å². The molecule has 2 aromatic heterocycles. The van der Waals surface area contributed by atoms with Gasteiger partial charge in [-0.3, -0.25) is 9.88 Å². The zero-order chi connectivity index (χ0) is 22.7. The van der Waals surface area contributed by atoms with Crippen molar-refractivity contribution in [3.05, 3.63) is 39.8 Å². The Balaban J connectivity index is 1.31. The van der Waals surface area contributed by atoms with Gasteiger partial charge in [-0.1, -0.05) is 20.8 Å². The molecule has 174 valence electrons. The molecule has 1 aliphatic carbocycles. The van der Waals surface area contributed by atoms with Gasteiger partial charge < -0.3 is 15.2 Å². The van der Waals surface area contributed by atoms with E-state index >= 15 is 0 Å². The summed E-state index contributed by atoms with van der Waals surface area (Å²) in [5.41, 5.74) is 1.92. The summed E-state index contributed by atoms with van der Waals surface area (Å²) in [6.45, 7) is 9.65. The van der Waals surface area contributed by atoms with Crippen molar-refractivity contribution in [2.24, 2.45) is 0 Å². The molecule has 2 fully saturated rings. The number of thiophene rings is 1. The number of carboxylic acids is 1. The number of carbonyl (C=O) groups is 1. The lowest BCUT2D eigenvalue weighted by molar-refractivity contribution is 0.0703. The molecule has 2 N–H and O–H groups in total. The zero-order valence-electron chi connectivity index (χ0n) is 19.4. The predicted molar refractivity (Wildman–Crippen MR) is 129 cm³/mol. The van der Waals surface area contributed by atoms with E-state index in [4.69, 9.17) is 4.74 Å². The molecule has 1 saturated heterocycles. The number of rotatable bonds is 7. The van der Waals surface area contributed by atoms with Crippen molar-refractivity contribution in [1.82, 2.24) is 9.88 Å². The van der Waals surface area contributed by atoms with E-state index in [2.05, 4.69) is 42.0 Å². The molecule has 0 radical (unpaired) electrons. The summed E-state index contributed by atoms with van der Waals surface area (Å²) in [5.74, 6) is 0.00487. The maximum Gasteiger partial charge on any atom is 0.348 e. The van der Waals surface area contributed by atoms with E-state index in [1.54, 1.807) is 0 Å². The van der Waals surface area contributed by atoms with Gasteiger partial charge in [-0.05, 0) is 74.7 Å². The van der Waals surface area contributed by atoms with Crippen LogP contribution in [-0.2, 0) is 12.0 Å². The minimum atomic E-state index is -0.855. The number of aromatic nitrogens is 1. The molecule has 2 aromatic rings. The molecule has 1 aliphatic heterocycles. The molecule has 0 bridgehead atoms. The number of ether oxygens (including phenoxy) is 1. The second-order valence-electron chi connectivity index (χ2n) is 10.2. The van der Waals surface area contributed by atoms with Crippen LogP contribution >= 0.6 is 11.3 Å². The smallest absolute Gasteiger partial charge is 0.348 e. The minimum absolute atomic E-state index is 0.0579. The number of pyridine rings is 1. The van der Waals surface area contributed by atoms with E-state index in [-0.39, 0.29) is 17.6 Å². The van der Waals surface area contributed by atoms with Crippen LogP contribution in [0.25, 0.3) is 0 Å². The predicted octanol–water partition coefficient (Wildman–Crippen LogP) is 5.54. The fourth-order valence-corrected chi connectivity index (χ4v) is 5.60. The first-order valence-electron chi connectivity index (χ1n) is 11.7. The van der Waals surface area contributed by atoms with Crippen molar-refractivity contribution in [1.29, 1.82) is 0 Å². The van der Waals surface area contributed by atoms with E-state index in [9.17, 15) is 9.90 Å². The highest BCUT2D eigenvalue weighted by molar-refractivity contribution is 7.14. The molecular weight excluding hydrogens is 422 g/mol. The van der Waals surface area contributed by atoms with Gasteiger partial charge in [0, 0.05) is 23.7 Å². The first-order valence-corrected chi connectivity index (χ1v) is 12.6. The summed E-state index contributed by atoms with van der Waals surface area (Å²) in [7, 11) is 0. The van der Waals surface area contributed by atoms with Gasteiger partial charge in [-0.2, -0.15) is 0 Å². The van der Waals surface area contributed by atoms with Crippen molar-refractivity contribution in [2.75, 3.05) is 18.4 Å². The van der Waals surface area contributed by atoms with Crippen LogP contribution in [0.4, 0.5) is 5.69 Å². The Hall–Kier alpha value is -2.12. The van der Waals surface area contributed by atoms with Crippen LogP contribution in [0.2, 0.25) is 0 Å². The minimum Gasteiger partial charge on any atom is -0.489 e. The Kier molecular flexibility index (Phi) is 7.05. The van der Waals surface area contributed by atoms with Crippen LogP contribution in [0.5, 0.6) is 5.75 Å². The van der Waals surface area contributed by atoms with Crippen molar-refractivity contribution in [3.8, 4) is 5.75 Å². The van der Waals surface area contributed by atoms with Gasteiger partial charge in [-0.15, -0.1) is 11.3 Å². The SMILES string of the molecule is CC(C)(C)c1cc(N[C@H]2CC[C@H](Oc3cncc(CN4CCCC4)c3)CC2)c(C(=O)O)s1.